The largest absolute Gasteiger partial charge is 0.394 e. The summed E-state index contributed by atoms with van der Waals surface area (Å²) in [6.07, 6.45) is -21.4. The maximum absolute atomic E-state index is 10.3. The summed E-state index contributed by atoms with van der Waals surface area (Å²) in [5.41, 5.74) is 0. The third-order valence-corrected chi connectivity index (χ3v) is 5.66. The predicted molar refractivity (Wildman–Crippen MR) is 93.8 cm³/mol. The van der Waals surface area contributed by atoms with E-state index in [4.69, 9.17) is 23.7 Å². The minimum absolute atomic E-state index is 0.408. The highest BCUT2D eigenvalue weighted by Crippen LogP contribution is 2.30. The third-order valence-electron chi connectivity index (χ3n) is 5.66. The van der Waals surface area contributed by atoms with E-state index in [1.54, 1.807) is 0 Å². The highest BCUT2D eigenvalue weighted by atomic mass is 16.8. The molecule has 31 heavy (non-hydrogen) atoms. The first-order valence-corrected chi connectivity index (χ1v) is 9.85. The molecule has 3 rings (SSSR count). The van der Waals surface area contributed by atoms with E-state index in [2.05, 4.69) is 0 Å². The second-order valence-corrected chi connectivity index (χ2v) is 7.87. The van der Waals surface area contributed by atoms with E-state index in [9.17, 15) is 46.0 Å². The van der Waals surface area contributed by atoms with Crippen LogP contribution in [0.3, 0.4) is 0 Å². The van der Waals surface area contributed by atoms with Crippen LogP contribution in [-0.4, -0.2) is 145 Å². The van der Waals surface area contributed by atoms with Crippen molar-refractivity contribution < 1.29 is 69.6 Å². The van der Waals surface area contributed by atoms with Crippen LogP contribution in [0.1, 0.15) is 6.92 Å². The minimum atomic E-state index is -1.78. The van der Waals surface area contributed by atoms with Crippen molar-refractivity contribution >= 4 is 0 Å². The second kappa shape index (κ2) is 10.1. The van der Waals surface area contributed by atoms with Crippen LogP contribution in [-0.2, 0) is 23.7 Å². The van der Waals surface area contributed by atoms with Gasteiger partial charge in [-0.1, -0.05) is 0 Å². The molecular formula is C17H30O14. The van der Waals surface area contributed by atoms with Crippen LogP contribution < -0.4 is 0 Å². The lowest BCUT2D eigenvalue weighted by Gasteiger charge is -2.46. The van der Waals surface area contributed by atoms with Gasteiger partial charge in [0.2, 0.25) is 0 Å². The summed E-state index contributed by atoms with van der Waals surface area (Å²) < 4.78 is 26.6. The summed E-state index contributed by atoms with van der Waals surface area (Å²) in [5, 5.41) is 89.7. The van der Waals surface area contributed by atoms with Crippen molar-refractivity contribution in [1.82, 2.24) is 0 Å². The molecule has 14 nitrogen and oxygen atoms in total. The van der Waals surface area contributed by atoms with Crippen molar-refractivity contribution in [3.05, 3.63) is 0 Å². The lowest BCUT2D eigenvalue weighted by molar-refractivity contribution is -0.376. The Morgan fingerprint density at radius 3 is 1.87 bits per heavy atom. The molecule has 3 saturated heterocycles. The first-order valence-electron chi connectivity index (χ1n) is 9.85. The van der Waals surface area contributed by atoms with E-state index < -0.39 is 99.2 Å². The first kappa shape index (κ1) is 25.1. The topological polar surface area (TPSA) is 228 Å². The Morgan fingerprint density at radius 2 is 1.26 bits per heavy atom. The molecule has 0 unspecified atom stereocenters. The number of aliphatic hydroxyl groups is 9. The van der Waals surface area contributed by atoms with Gasteiger partial charge in [0.1, 0.15) is 61.0 Å². The van der Waals surface area contributed by atoms with E-state index >= 15 is 0 Å². The first-order chi connectivity index (χ1) is 14.6. The third kappa shape index (κ3) is 5.02. The number of hydrogen-bond donors (Lipinski definition) is 9. The minimum Gasteiger partial charge on any atom is -0.394 e. The number of hydrogen-bond acceptors (Lipinski definition) is 14. The Labute approximate surface area is 176 Å². The molecule has 14 atom stereocenters. The molecule has 0 aromatic rings. The van der Waals surface area contributed by atoms with Gasteiger partial charge in [-0.15, -0.1) is 0 Å². The van der Waals surface area contributed by atoms with Gasteiger partial charge in [0.05, 0.1) is 19.3 Å². The molecular weight excluding hydrogens is 428 g/mol. The Balaban J connectivity index is 1.75. The lowest BCUT2D eigenvalue weighted by Crippen LogP contribution is -2.64. The zero-order valence-corrected chi connectivity index (χ0v) is 16.6. The zero-order chi connectivity index (χ0) is 23.0. The van der Waals surface area contributed by atoms with Crippen molar-refractivity contribution in [2.75, 3.05) is 13.2 Å². The number of aliphatic hydroxyl groups excluding tert-OH is 9. The summed E-state index contributed by atoms with van der Waals surface area (Å²) in [4.78, 5) is 0. The smallest absolute Gasteiger partial charge is 0.187 e. The average Bonchev–Trinajstić information content (AvgIpc) is 2.75. The Bertz CT molecular complexity index is 579. The molecule has 0 spiro atoms. The molecule has 182 valence electrons. The summed E-state index contributed by atoms with van der Waals surface area (Å²) in [5.74, 6) is 0. The van der Waals surface area contributed by atoms with Crippen molar-refractivity contribution in [3.63, 3.8) is 0 Å². The molecule has 0 amide bonds. The normalized spacial score (nSPS) is 54.0. The van der Waals surface area contributed by atoms with Crippen LogP contribution in [0.15, 0.2) is 0 Å². The molecule has 0 bridgehead atoms. The van der Waals surface area contributed by atoms with E-state index in [1.807, 2.05) is 0 Å². The summed E-state index contributed by atoms with van der Waals surface area (Å²) in [6, 6.07) is 0. The Morgan fingerprint density at radius 1 is 0.710 bits per heavy atom. The van der Waals surface area contributed by atoms with Gasteiger partial charge in [0, 0.05) is 0 Å². The zero-order valence-electron chi connectivity index (χ0n) is 16.6. The van der Waals surface area contributed by atoms with Gasteiger partial charge in [0.15, 0.2) is 18.9 Å². The van der Waals surface area contributed by atoms with Gasteiger partial charge in [0.25, 0.3) is 0 Å². The van der Waals surface area contributed by atoms with Crippen LogP contribution in [0.25, 0.3) is 0 Å². The van der Waals surface area contributed by atoms with Crippen molar-refractivity contribution in [2.24, 2.45) is 0 Å². The molecule has 9 N–H and O–H groups in total. The van der Waals surface area contributed by atoms with Gasteiger partial charge in [-0.05, 0) is 6.92 Å². The summed E-state index contributed by atoms with van der Waals surface area (Å²) in [7, 11) is 0. The van der Waals surface area contributed by atoms with Crippen molar-refractivity contribution in [3.8, 4) is 0 Å². The van der Waals surface area contributed by atoms with Gasteiger partial charge in [-0.3, -0.25) is 0 Å². The van der Waals surface area contributed by atoms with Crippen molar-refractivity contribution in [2.45, 2.75) is 92.9 Å². The molecule has 3 heterocycles. The highest BCUT2D eigenvalue weighted by Gasteiger charge is 2.51. The van der Waals surface area contributed by atoms with Crippen LogP contribution in [0.5, 0.6) is 0 Å². The van der Waals surface area contributed by atoms with Crippen LogP contribution in [0.2, 0.25) is 0 Å². The molecule has 3 aliphatic rings. The Hall–Kier alpha value is -0.560. The van der Waals surface area contributed by atoms with Crippen LogP contribution in [0.4, 0.5) is 0 Å². The van der Waals surface area contributed by atoms with Crippen LogP contribution in [0, 0.1) is 0 Å². The second-order valence-electron chi connectivity index (χ2n) is 7.87. The summed E-state index contributed by atoms with van der Waals surface area (Å²) >= 11 is 0. The van der Waals surface area contributed by atoms with Gasteiger partial charge < -0.3 is 69.6 Å². The number of rotatable bonds is 5. The van der Waals surface area contributed by atoms with Gasteiger partial charge >= 0.3 is 0 Å². The van der Waals surface area contributed by atoms with E-state index in [1.165, 1.54) is 6.92 Å². The monoisotopic (exact) mass is 458 g/mol. The van der Waals surface area contributed by atoms with Gasteiger partial charge in [-0.2, -0.15) is 0 Å². The summed E-state index contributed by atoms with van der Waals surface area (Å²) in [6.45, 7) is 0.305. The fraction of sp³-hybridized carbons (Fsp3) is 1.00. The molecule has 0 saturated carbocycles. The van der Waals surface area contributed by atoms with E-state index in [0.29, 0.717) is 0 Å². The van der Waals surface area contributed by atoms with E-state index in [0.717, 1.165) is 0 Å². The number of ether oxygens (including phenoxy) is 5. The lowest BCUT2D eigenvalue weighted by atomic mass is 9.98. The average molecular weight is 458 g/mol. The molecule has 0 aromatic heterocycles. The standard InChI is InChI=1S/C17H30O14/c1-4-7(20)9(22)11(24)16(28-4)31-14-13(5(19)3-27-15(14)26)30-17-12(25)10(23)8(21)6(2-18)29-17/h4-26H,2-3H2,1H3/t4-,5+,6+,7-,8+,9+,10-,11+,12+,13-,14-,15-,16-,17-/m0/s1. The molecule has 14 heteroatoms. The van der Waals surface area contributed by atoms with Crippen molar-refractivity contribution in [1.29, 1.82) is 0 Å². The maximum Gasteiger partial charge on any atom is 0.187 e. The van der Waals surface area contributed by atoms with Gasteiger partial charge in [-0.25, -0.2) is 0 Å². The molecule has 3 aliphatic heterocycles. The highest BCUT2D eigenvalue weighted by molar-refractivity contribution is 4.93. The Kier molecular flexibility index (Phi) is 8.21. The fourth-order valence-corrected chi connectivity index (χ4v) is 3.70. The SMILES string of the molecule is C[C@@H]1O[C@@H](O[C@H]2[C@@H](O[C@@H]3O[C@H](CO)[C@@H](O)[C@H](O)[C@H]3O)[C@H](O)CO[C@@H]2O)[C@H](O)[C@H](O)[C@H]1O. The maximum atomic E-state index is 10.3. The molecule has 0 aliphatic carbocycles. The predicted octanol–water partition coefficient (Wildman–Crippen LogP) is -5.91. The molecule has 3 fully saturated rings. The van der Waals surface area contributed by atoms with Crippen LogP contribution >= 0.6 is 0 Å². The quantitative estimate of drug-likeness (QED) is 0.187. The molecule has 0 radical (unpaired) electrons. The van der Waals surface area contributed by atoms with E-state index in [-0.39, 0.29) is 0 Å². The fourth-order valence-electron chi connectivity index (χ4n) is 3.70. The molecule has 0 aromatic carbocycles.